The number of imidazole rings is 1. The van der Waals surface area contributed by atoms with E-state index in [2.05, 4.69) is 59.7 Å². The minimum atomic E-state index is -1.02. The van der Waals surface area contributed by atoms with Gasteiger partial charge in [0, 0.05) is 26.7 Å². The predicted octanol–water partition coefficient (Wildman–Crippen LogP) is 4.56. The molecule has 5 heteroatoms. The van der Waals surface area contributed by atoms with Crippen molar-refractivity contribution in [3.8, 4) is 0 Å². The van der Waals surface area contributed by atoms with Gasteiger partial charge in [-0.3, -0.25) is 0 Å². The first-order chi connectivity index (χ1) is 15.7. The van der Waals surface area contributed by atoms with Crippen LogP contribution >= 0.6 is 0 Å². The minimum absolute atomic E-state index is 0.0598. The van der Waals surface area contributed by atoms with Gasteiger partial charge in [-0.1, -0.05) is 29.8 Å². The van der Waals surface area contributed by atoms with Crippen molar-refractivity contribution < 1.29 is 9.84 Å². The molecule has 33 heavy (non-hydrogen) atoms. The van der Waals surface area contributed by atoms with E-state index in [1.807, 2.05) is 21.0 Å². The van der Waals surface area contributed by atoms with Crippen LogP contribution in [0.2, 0.25) is 0 Å². The number of rotatable bonds is 5. The van der Waals surface area contributed by atoms with Crippen LogP contribution in [-0.2, 0) is 23.2 Å². The van der Waals surface area contributed by atoms with Crippen molar-refractivity contribution in [3.63, 3.8) is 0 Å². The Balaban J connectivity index is 1.36. The van der Waals surface area contributed by atoms with E-state index < -0.39 is 5.60 Å². The number of aromatic nitrogens is 2. The van der Waals surface area contributed by atoms with Crippen LogP contribution in [0.3, 0.4) is 0 Å². The molecule has 0 radical (unpaired) electrons. The van der Waals surface area contributed by atoms with Crippen LogP contribution in [0, 0.1) is 19.8 Å². The highest BCUT2D eigenvalue weighted by Gasteiger charge is 2.37. The summed E-state index contributed by atoms with van der Waals surface area (Å²) in [6.07, 6.45) is 3.41. The number of hydrogen-bond acceptors (Lipinski definition) is 4. The normalized spacial score (nSPS) is 23.9. The van der Waals surface area contributed by atoms with Crippen molar-refractivity contribution in [2.75, 3.05) is 26.7 Å². The average Bonchev–Trinajstić information content (AvgIpc) is 3.33. The highest BCUT2D eigenvalue weighted by Crippen LogP contribution is 2.35. The summed E-state index contributed by atoms with van der Waals surface area (Å²) in [6, 6.07) is 13.5. The molecule has 1 saturated heterocycles. The van der Waals surface area contributed by atoms with Crippen molar-refractivity contribution in [2.24, 2.45) is 5.92 Å². The van der Waals surface area contributed by atoms with Gasteiger partial charge in [0.15, 0.2) is 0 Å². The SMILES string of the molecule is CO[C@@H]1CN(CC2Cc3ccc(C)cc3C2)CC[C@H]1n1c(C(C)(C)O)nc2cc(C)ccc21. The summed E-state index contributed by atoms with van der Waals surface area (Å²) in [5.74, 6) is 1.41. The number of piperidine rings is 1. The van der Waals surface area contributed by atoms with E-state index in [0.717, 1.165) is 42.9 Å². The molecule has 1 aliphatic carbocycles. The number of methoxy groups -OCH3 is 1. The van der Waals surface area contributed by atoms with Gasteiger partial charge in [0.25, 0.3) is 0 Å². The maximum Gasteiger partial charge on any atom is 0.141 e. The summed E-state index contributed by atoms with van der Waals surface area (Å²) >= 11 is 0. The van der Waals surface area contributed by atoms with Gasteiger partial charge in [-0.25, -0.2) is 4.98 Å². The maximum absolute atomic E-state index is 10.9. The summed E-state index contributed by atoms with van der Waals surface area (Å²) in [5, 5.41) is 10.9. The van der Waals surface area contributed by atoms with E-state index in [0.29, 0.717) is 5.92 Å². The van der Waals surface area contributed by atoms with Crippen molar-refractivity contribution in [3.05, 3.63) is 64.5 Å². The Morgan fingerprint density at radius 1 is 1.06 bits per heavy atom. The van der Waals surface area contributed by atoms with Crippen LogP contribution in [0.1, 0.15) is 54.4 Å². The molecule has 1 aromatic heterocycles. The lowest BCUT2D eigenvalue weighted by Gasteiger charge is -2.40. The summed E-state index contributed by atoms with van der Waals surface area (Å²) in [6.45, 7) is 11.0. The zero-order chi connectivity index (χ0) is 23.3. The Bertz CT molecular complexity index is 1160. The van der Waals surface area contributed by atoms with Crippen molar-refractivity contribution in [1.29, 1.82) is 0 Å². The third-order valence-corrected chi connectivity index (χ3v) is 7.53. The Kier molecular flexibility index (Phi) is 5.84. The highest BCUT2D eigenvalue weighted by molar-refractivity contribution is 5.77. The number of aliphatic hydroxyl groups is 1. The molecule has 2 aromatic carbocycles. The molecule has 1 aliphatic heterocycles. The third kappa shape index (κ3) is 4.34. The molecular formula is C28H37N3O2. The number of aryl methyl sites for hydroxylation is 2. The molecule has 1 unspecified atom stereocenters. The van der Waals surface area contributed by atoms with E-state index in [9.17, 15) is 5.11 Å². The Morgan fingerprint density at radius 2 is 1.79 bits per heavy atom. The monoisotopic (exact) mass is 447 g/mol. The van der Waals surface area contributed by atoms with Crippen LogP contribution in [0.4, 0.5) is 0 Å². The Labute approximate surface area is 197 Å². The van der Waals surface area contributed by atoms with Gasteiger partial charge >= 0.3 is 0 Å². The van der Waals surface area contributed by atoms with Crippen molar-refractivity contribution in [2.45, 2.75) is 64.7 Å². The third-order valence-electron chi connectivity index (χ3n) is 7.53. The molecule has 3 aromatic rings. The van der Waals surface area contributed by atoms with Gasteiger partial charge < -0.3 is 19.3 Å². The Hall–Kier alpha value is -2.21. The molecule has 2 aliphatic rings. The molecule has 1 fully saturated rings. The smallest absolute Gasteiger partial charge is 0.141 e. The first-order valence-corrected chi connectivity index (χ1v) is 12.3. The lowest BCUT2D eigenvalue weighted by molar-refractivity contribution is -0.0151. The fourth-order valence-corrected chi connectivity index (χ4v) is 5.97. The van der Waals surface area contributed by atoms with E-state index >= 15 is 0 Å². The largest absolute Gasteiger partial charge is 0.383 e. The number of fused-ring (bicyclic) bond motifs is 2. The standard InChI is InChI=1S/C28H37N3O2/c1-18-6-8-21-14-20(15-22(21)12-18)16-30-11-10-25(26(17-30)33-5)31-24-9-7-19(2)13-23(24)29-27(31)28(3,4)32/h6-9,12-13,20,25-26,32H,10-11,14-17H2,1-5H3/t20?,25-,26-/m1/s1. The molecule has 5 rings (SSSR count). The van der Waals surface area contributed by atoms with Gasteiger partial charge in [0.05, 0.1) is 23.2 Å². The second-order valence-corrected chi connectivity index (χ2v) is 10.8. The molecule has 1 N–H and O–H groups in total. The lowest BCUT2D eigenvalue weighted by Crippen LogP contribution is -2.47. The zero-order valence-electron chi connectivity index (χ0n) is 20.6. The molecule has 0 saturated carbocycles. The molecular weight excluding hydrogens is 410 g/mol. The number of benzene rings is 2. The number of likely N-dealkylation sites (tertiary alicyclic amines) is 1. The fraction of sp³-hybridized carbons (Fsp3) is 0.536. The number of nitrogens with zero attached hydrogens (tertiary/aromatic N) is 3. The number of ether oxygens (including phenoxy) is 1. The lowest BCUT2D eigenvalue weighted by atomic mass is 9.97. The second kappa shape index (κ2) is 8.53. The quantitative estimate of drug-likeness (QED) is 0.623. The first kappa shape index (κ1) is 22.6. The summed E-state index contributed by atoms with van der Waals surface area (Å²) in [7, 11) is 1.82. The van der Waals surface area contributed by atoms with Crippen LogP contribution in [0.15, 0.2) is 36.4 Å². The molecule has 3 atom stereocenters. The van der Waals surface area contributed by atoms with Gasteiger partial charge in [-0.2, -0.15) is 0 Å². The fourth-order valence-electron chi connectivity index (χ4n) is 5.97. The Morgan fingerprint density at radius 3 is 2.55 bits per heavy atom. The zero-order valence-corrected chi connectivity index (χ0v) is 20.6. The topological polar surface area (TPSA) is 50.5 Å². The van der Waals surface area contributed by atoms with E-state index in [1.165, 1.54) is 35.1 Å². The number of hydrogen-bond donors (Lipinski definition) is 1. The van der Waals surface area contributed by atoms with Gasteiger partial charge in [-0.15, -0.1) is 0 Å². The van der Waals surface area contributed by atoms with Crippen LogP contribution in [0.5, 0.6) is 0 Å². The minimum Gasteiger partial charge on any atom is -0.383 e. The molecule has 2 heterocycles. The predicted molar refractivity (Wildman–Crippen MR) is 133 cm³/mol. The summed E-state index contributed by atoms with van der Waals surface area (Å²) in [5.41, 5.74) is 6.62. The molecule has 0 bridgehead atoms. The van der Waals surface area contributed by atoms with Gasteiger partial charge in [0.1, 0.15) is 11.4 Å². The van der Waals surface area contributed by atoms with E-state index in [1.54, 1.807) is 0 Å². The molecule has 176 valence electrons. The molecule has 0 amide bonds. The van der Waals surface area contributed by atoms with Gasteiger partial charge in [0.2, 0.25) is 0 Å². The van der Waals surface area contributed by atoms with E-state index in [4.69, 9.17) is 9.72 Å². The van der Waals surface area contributed by atoms with E-state index in [-0.39, 0.29) is 12.1 Å². The summed E-state index contributed by atoms with van der Waals surface area (Å²) in [4.78, 5) is 7.45. The van der Waals surface area contributed by atoms with Crippen LogP contribution in [-0.4, -0.2) is 52.4 Å². The van der Waals surface area contributed by atoms with Crippen LogP contribution in [0.25, 0.3) is 11.0 Å². The highest BCUT2D eigenvalue weighted by atomic mass is 16.5. The first-order valence-electron chi connectivity index (χ1n) is 12.3. The second-order valence-electron chi connectivity index (χ2n) is 10.8. The van der Waals surface area contributed by atoms with Crippen molar-refractivity contribution >= 4 is 11.0 Å². The van der Waals surface area contributed by atoms with Crippen molar-refractivity contribution in [1.82, 2.24) is 14.5 Å². The van der Waals surface area contributed by atoms with Crippen LogP contribution < -0.4 is 0 Å². The maximum atomic E-state index is 10.9. The summed E-state index contributed by atoms with van der Waals surface area (Å²) < 4.78 is 8.33. The molecule has 5 nitrogen and oxygen atoms in total. The average molecular weight is 448 g/mol. The molecule has 0 spiro atoms. The van der Waals surface area contributed by atoms with Gasteiger partial charge in [-0.05, 0) is 81.7 Å².